The van der Waals surface area contributed by atoms with Crippen molar-refractivity contribution in [3.63, 3.8) is 0 Å². The lowest BCUT2D eigenvalue weighted by atomic mass is 10.1. The van der Waals surface area contributed by atoms with Gasteiger partial charge in [-0.3, -0.25) is 4.79 Å². The molecule has 0 aromatic heterocycles. The fraction of sp³-hybridized carbons (Fsp3) is 0.385. The molecule has 7 nitrogen and oxygen atoms in total. The van der Waals surface area contributed by atoms with Crippen LogP contribution in [0.1, 0.15) is 10.4 Å². The van der Waals surface area contributed by atoms with E-state index in [2.05, 4.69) is 10.1 Å². The predicted octanol–water partition coefficient (Wildman–Crippen LogP) is -0.0325. The van der Waals surface area contributed by atoms with Crippen LogP contribution in [-0.2, 0) is 9.53 Å². The van der Waals surface area contributed by atoms with E-state index in [9.17, 15) is 9.59 Å². The molecule has 0 radical (unpaired) electrons. The normalized spacial score (nSPS) is 11.4. The molecule has 0 aliphatic heterocycles. The van der Waals surface area contributed by atoms with Crippen LogP contribution in [0.5, 0.6) is 11.5 Å². The van der Waals surface area contributed by atoms with Crippen LogP contribution in [0, 0.1) is 0 Å². The lowest BCUT2D eigenvalue weighted by Gasteiger charge is -2.14. The molecule has 1 aromatic rings. The summed E-state index contributed by atoms with van der Waals surface area (Å²) < 4.78 is 14.6. The minimum Gasteiger partial charge on any atom is -0.493 e. The molecule has 0 saturated carbocycles. The Bertz CT molecular complexity index is 488. The number of hydrogen-bond acceptors (Lipinski definition) is 6. The number of carbonyl (C=O) groups excluding carboxylic acids is 2. The van der Waals surface area contributed by atoms with Gasteiger partial charge in [-0.25, -0.2) is 4.79 Å². The number of nitrogens with one attached hydrogen (secondary N) is 1. The molecule has 0 bridgehead atoms. The third-order valence-electron chi connectivity index (χ3n) is 2.62. The number of methoxy groups -OCH3 is 3. The Kier molecular flexibility index (Phi) is 5.79. The van der Waals surface area contributed by atoms with E-state index in [0.29, 0.717) is 11.5 Å². The zero-order chi connectivity index (χ0) is 15.1. The maximum atomic E-state index is 12.0. The molecule has 0 aliphatic carbocycles. The topological polar surface area (TPSA) is 94.1 Å². The van der Waals surface area contributed by atoms with Gasteiger partial charge in [0.25, 0.3) is 5.91 Å². The first-order valence-electron chi connectivity index (χ1n) is 5.79. The number of benzene rings is 1. The van der Waals surface area contributed by atoms with Crippen LogP contribution < -0.4 is 14.8 Å². The standard InChI is InChI=1S/C13H17NO6/c1-18-10-5-4-8(6-11(10)19-2)12(16)14-9(7-15)13(17)20-3/h4-6,9,15H,7H2,1-3H3,(H,14,16). The van der Waals surface area contributed by atoms with Crippen molar-refractivity contribution in [2.24, 2.45) is 0 Å². The first kappa shape index (κ1) is 15.8. The summed E-state index contributed by atoms with van der Waals surface area (Å²) >= 11 is 0. The summed E-state index contributed by atoms with van der Waals surface area (Å²) in [6.45, 7) is -0.550. The van der Waals surface area contributed by atoms with Crippen molar-refractivity contribution >= 4 is 11.9 Å². The van der Waals surface area contributed by atoms with E-state index in [1.54, 1.807) is 6.07 Å². The highest BCUT2D eigenvalue weighted by Crippen LogP contribution is 2.27. The minimum absolute atomic E-state index is 0.269. The fourth-order valence-electron chi connectivity index (χ4n) is 1.54. The Labute approximate surface area is 116 Å². The molecule has 0 heterocycles. The lowest BCUT2D eigenvalue weighted by Crippen LogP contribution is -2.44. The monoisotopic (exact) mass is 283 g/mol. The second-order valence-electron chi connectivity index (χ2n) is 3.80. The van der Waals surface area contributed by atoms with E-state index in [1.165, 1.54) is 33.5 Å². The van der Waals surface area contributed by atoms with Crippen molar-refractivity contribution < 1.29 is 28.9 Å². The van der Waals surface area contributed by atoms with Gasteiger partial charge in [0.15, 0.2) is 17.5 Å². The van der Waals surface area contributed by atoms with Crippen molar-refractivity contribution in [1.29, 1.82) is 0 Å². The molecule has 20 heavy (non-hydrogen) atoms. The Morgan fingerprint density at radius 1 is 1.20 bits per heavy atom. The number of carbonyl (C=O) groups is 2. The number of amides is 1. The second-order valence-corrected chi connectivity index (χ2v) is 3.80. The number of esters is 1. The zero-order valence-corrected chi connectivity index (χ0v) is 11.5. The third-order valence-corrected chi connectivity index (χ3v) is 2.62. The summed E-state index contributed by atoms with van der Waals surface area (Å²) in [5.41, 5.74) is 0.269. The van der Waals surface area contributed by atoms with Gasteiger partial charge in [-0.2, -0.15) is 0 Å². The first-order valence-corrected chi connectivity index (χ1v) is 5.79. The molecule has 1 aromatic carbocycles. The Hall–Kier alpha value is -2.28. The van der Waals surface area contributed by atoms with E-state index in [4.69, 9.17) is 14.6 Å². The highest BCUT2D eigenvalue weighted by molar-refractivity contribution is 5.97. The lowest BCUT2D eigenvalue weighted by molar-refractivity contribution is -0.143. The average Bonchev–Trinajstić information content (AvgIpc) is 2.50. The SMILES string of the molecule is COC(=O)C(CO)NC(=O)c1ccc(OC)c(OC)c1. The first-order chi connectivity index (χ1) is 9.57. The highest BCUT2D eigenvalue weighted by atomic mass is 16.5. The van der Waals surface area contributed by atoms with E-state index < -0.39 is 24.5 Å². The zero-order valence-electron chi connectivity index (χ0n) is 11.5. The van der Waals surface area contributed by atoms with Gasteiger partial charge in [-0.1, -0.05) is 0 Å². The molecule has 0 fully saturated rings. The predicted molar refractivity (Wildman–Crippen MR) is 69.9 cm³/mol. The van der Waals surface area contributed by atoms with Crippen LogP contribution in [-0.4, -0.2) is 51.0 Å². The van der Waals surface area contributed by atoms with Gasteiger partial charge in [0.05, 0.1) is 27.9 Å². The number of aliphatic hydroxyl groups is 1. The molecule has 0 saturated heterocycles. The molecule has 2 N–H and O–H groups in total. The van der Waals surface area contributed by atoms with E-state index in [0.717, 1.165) is 0 Å². The quantitative estimate of drug-likeness (QED) is 0.712. The van der Waals surface area contributed by atoms with Gasteiger partial charge >= 0.3 is 5.97 Å². The second kappa shape index (κ2) is 7.34. The fourth-order valence-corrected chi connectivity index (χ4v) is 1.54. The molecule has 0 spiro atoms. The summed E-state index contributed by atoms with van der Waals surface area (Å²) in [5, 5.41) is 11.4. The smallest absolute Gasteiger partial charge is 0.330 e. The van der Waals surface area contributed by atoms with Crippen molar-refractivity contribution in [3.05, 3.63) is 23.8 Å². The van der Waals surface area contributed by atoms with Gasteiger partial charge in [0.1, 0.15) is 0 Å². The van der Waals surface area contributed by atoms with E-state index in [-0.39, 0.29) is 5.56 Å². The maximum Gasteiger partial charge on any atom is 0.330 e. The molecular weight excluding hydrogens is 266 g/mol. The highest BCUT2D eigenvalue weighted by Gasteiger charge is 2.21. The Morgan fingerprint density at radius 3 is 2.35 bits per heavy atom. The molecule has 1 atom stereocenters. The van der Waals surface area contributed by atoms with Crippen molar-refractivity contribution in [2.45, 2.75) is 6.04 Å². The van der Waals surface area contributed by atoms with Crippen molar-refractivity contribution in [2.75, 3.05) is 27.9 Å². The Morgan fingerprint density at radius 2 is 1.85 bits per heavy atom. The third kappa shape index (κ3) is 3.61. The molecule has 7 heteroatoms. The maximum absolute atomic E-state index is 12.0. The summed E-state index contributed by atoms with van der Waals surface area (Å²) in [7, 11) is 4.11. The summed E-state index contributed by atoms with van der Waals surface area (Å²) in [6, 6.07) is 3.45. The van der Waals surface area contributed by atoms with Gasteiger partial charge in [0.2, 0.25) is 0 Å². The van der Waals surface area contributed by atoms with Crippen LogP contribution >= 0.6 is 0 Å². The van der Waals surface area contributed by atoms with Gasteiger partial charge in [-0.15, -0.1) is 0 Å². The van der Waals surface area contributed by atoms with E-state index in [1.807, 2.05) is 0 Å². The van der Waals surface area contributed by atoms with Crippen LogP contribution in [0.2, 0.25) is 0 Å². The summed E-state index contributed by atoms with van der Waals surface area (Å²) in [4.78, 5) is 23.3. The number of ether oxygens (including phenoxy) is 3. The number of aliphatic hydroxyl groups excluding tert-OH is 1. The molecule has 0 aliphatic rings. The Balaban J connectivity index is 2.89. The molecular formula is C13H17NO6. The number of hydrogen-bond donors (Lipinski definition) is 2. The summed E-state index contributed by atoms with van der Waals surface area (Å²) in [6.07, 6.45) is 0. The van der Waals surface area contributed by atoms with Gasteiger partial charge in [-0.05, 0) is 18.2 Å². The van der Waals surface area contributed by atoms with Crippen molar-refractivity contribution in [1.82, 2.24) is 5.32 Å². The molecule has 1 rings (SSSR count). The van der Waals surface area contributed by atoms with Crippen LogP contribution in [0.4, 0.5) is 0 Å². The minimum atomic E-state index is -1.11. The molecule has 1 amide bonds. The van der Waals surface area contributed by atoms with Crippen LogP contribution in [0.3, 0.4) is 0 Å². The van der Waals surface area contributed by atoms with Crippen LogP contribution in [0.15, 0.2) is 18.2 Å². The van der Waals surface area contributed by atoms with Crippen LogP contribution in [0.25, 0.3) is 0 Å². The van der Waals surface area contributed by atoms with Gasteiger partial charge < -0.3 is 24.6 Å². The molecule has 110 valence electrons. The summed E-state index contributed by atoms with van der Waals surface area (Å²) in [5.74, 6) is -0.383. The largest absolute Gasteiger partial charge is 0.493 e. The average molecular weight is 283 g/mol. The van der Waals surface area contributed by atoms with E-state index >= 15 is 0 Å². The molecule has 1 unspecified atom stereocenters. The van der Waals surface area contributed by atoms with Crippen molar-refractivity contribution in [3.8, 4) is 11.5 Å². The number of rotatable bonds is 6. The van der Waals surface area contributed by atoms with Gasteiger partial charge in [0, 0.05) is 5.56 Å².